The van der Waals surface area contributed by atoms with E-state index in [1.54, 1.807) is 0 Å². The molecule has 0 aliphatic heterocycles. The van der Waals surface area contributed by atoms with Crippen LogP contribution in [-0.4, -0.2) is 15.0 Å². The van der Waals surface area contributed by atoms with E-state index in [2.05, 4.69) is 163 Å². The third kappa shape index (κ3) is 7.30. The van der Waals surface area contributed by atoms with Crippen LogP contribution in [0.2, 0.25) is 0 Å². The van der Waals surface area contributed by atoms with Crippen molar-refractivity contribution in [2.24, 2.45) is 0 Å². The van der Waals surface area contributed by atoms with Crippen molar-refractivity contribution in [1.29, 1.82) is 0 Å². The summed E-state index contributed by atoms with van der Waals surface area (Å²) in [6, 6.07) is 76.0. The van der Waals surface area contributed by atoms with Crippen molar-refractivity contribution in [3.05, 3.63) is 218 Å². The first-order chi connectivity index (χ1) is 27.2. The normalized spacial score (nSPS) is 10.9. The van der Waals surface area contributed by atoms with Crippen molar-refractivity contribution in [2.75, 3.05) is 4.90 Å². The Morgan fingerprint density at radius 3 is 1.00 bits per heavy atom. The van der Waals surface area contributed by atoms with Gasteiger partial charge in [-0.3, -0.25) is 0 Å². The number of rotatable bonds is 9. The van der Waals surface area contributed by atoms with Gasteiger partial charge in [-0.15, -0.1) is 0 Å². The molecule has 0 radical (unpaired) electrons. The first-order valence-electron chi connectivity index (χ1n) is 18.4. The summed E-state index contributed by atoms with van der Waals surface area (Å²) >= 11 is 0. The van der Waals surface area contributed by atoms with Gasteiger partial charge in [0, 0.05) is 33.8 Å². The van der Waals surface area contributed by atoms with Crippen LogP contribution in [0.1, 0.15) is 0 Å². The largest absolute Gasteiger partial charge is 0.310 e. The third-order valence-corrected chi connectivity index (χ3v) is 9.72. The smallest absolute Gasteiger partial charge is 0.164 e. The lowest BCUT2D eigenvalue weighted by molar-refractivity contribution is 1.07. The molecule has 9 rings (SSSR count). The van der Waals surface area contributed by atoms with Gasteiger partial charge in [0.2, 0.25) is 0 Å². The van der Waals surface area contributed by atoms with Crippen LogP contribution < -0.4 is 4.90 Å². The molecule has 1 aromatic heterocycles. The molecule has 0 N–H and O–H groups in total. The Labute approximate surface area is 321 Å². The van der Waals surface area contributed by atoms with Gasteiger partial charge < -0.3 is 4.90 Å². The van der Waals surface area contributed by atoms with Crippen LogP contribution in [0.4, 0.5) is 17.1 Å². The molecule has 0 aliphatic carbocycles. The summed E-state index contributed by atoms with van der Waals surface area (Å²) in [6.45, 7) is 0. The maximum absolute atomic E-state index is 4.99. The highest BCUT2D eigenvalue weighted by molar-refractivity contribution is 5.83. The molecule has 0 atom stereocenters. The zero-order chi connectivity index (χ0) is 36.8. The second kappa shape index (κ2) is 15.3. The predicted octanol–water partition coefficient (Wildman–Crippen LogP) is 13.3. The molecule has 55 heavy (non-hydrogen) atoms. The van der Waals surface area contributed by atoms with E-state index in [0.29, 0.717) is 17.5 Å². The molecule has 1 heterocycles. The summed E-state index contributed by atoms with van der Waals surface area (Å²) in [5.41, 5.74) is 12.9. The van der Waals surface area contributed by atoms with Crippen LogP contribution in [0.3, 0.4) is 0 Å². The Bertz CT molecular complexity index is 2520. The fourth-order valence-electron chi connectivity index (χ4n) is 6.91. The predicted molar refractivity (Wildman–Crippen MR) is 227 cm³/mol. The van der Waals surface area contributed by atoms with Gasteiger partial charge >= 0.3 is 0 Å². The van der Waals surface area contributed by atoms with Crippen LogP contribution in [0.5, 0.6) is 0 Å². The molecule has 0 aliphatic rings. The highest BCUT2D eigenvalue weighted by Crippen LogP contribution is 2.39. The maximum atomic E-state index is 4.99. The molecule has 0 saturated heterocycles. The standard InChI is InChI=1S/C51H36N4/c1-5-15-37(16-6-1)39-27-31-46(32-28-39)55(47-33-29-40(30-34-47)38-17-7-2-8-18-38)48-26-14-24-44(36-48)43-23-13-25-45(35-43)51-53-49(41-19-9-3-10-20-41)52-50(54-51)42-21-11-4-12-22-42/h1-36H. The molecule has 0 spiro atoms. The minimum Gasteiger partial charge on any atom is -0.310 e. The zero-order valence-corrected chi connectivity index (χ0v) is 30.1. The Morgan fingerprint density at radius 2 is 0.545 bits per heavy atom. The van der Waals surface area contributed by atoms with Gasteiger partial charge in [0.1, 0.15) is 0 Å². The molecule has 0 amide bonds. The van der Waals surface area contributed by atoms with Gasteiger partial charge in [0.25, 0.3) is 0 Å². The molecular formula is C51H36N4. The molecule has 4 nitrogen and oxygen atoms in total. The minimum absolute atomic E-state index is 0.629. The van der Waals surface area contributed by atoms with E-state index in [1.807, 2.05) is 60.7 Å². The molecule has 0 unspecified atom stereocenters. The maximum Gasteiger partial charge on any atom is 0.164 e. The Hall–Kier alpha value is -7.43. The topological polar surface area (TPSA) is 41.9 Å². The minimum atomic E-state index is 0.629. The molecule has 0 saturated carbocycles. The van der Waals surface area contributed by atoms with Crippen molar-refractivity contribution in [2.45, 2.75) is 0 Å². The first-order valence-corrected chi connectivity index (χ1v) is 18.4. The lowest BCUT2D eigenvalue weighted by Gasteiger charge is -2.26. The van der Waals surface area contributed by atoms with Crippen LogP contribution in [-0.2, 0) is 0 Å². The summed E-state index contributed by atoms with van der Waals surface area (Å²) in [5.74, 6) is 1.91. The lowest BCUT2D eigenvalue weighted by Crippen LogP contribution is -2.10. The summed E-state index contributed by atoms with van der Waals surface area (Å²) in [5, 5.41) is 0. The van der Waals surface area contributed by atoms with E-state index in [1.165, 1.54) is 22.3 Å². The average molecular weight is 705 g/mol. The second-order valence-electron chi connectivity index (χ2n) is 13.3. The number of hydrogen-bond donors (Lipinski definition) is 0. The van der Waals surface area contributed by atoms with E-state index in [9.17, 15) is 0 Å². The lowest BCUT2D eigenvalue weighted by atomic mass is 10.0. The molecule has 9 aromatic rings. The molecular weight excluding hydrogens is 669 g/mol. The Kier molecular flexibility index (Phi) is 9.28. The molecule has 0 fully saturated rings. The summed E-state index contributed by atoms with van der Waals surface area (Å²) in [7, 11) is 0. The zero-order valence-electron chi connectivity index (χ0n) is 30.1. The quantitative estimate of drug-likeness (QED) is 0.150. The SMILES string of the molecule is c1ccc(-c2ccc(N(c3ccc(-c4ccccc4)cc3)c3cccc(-c4cccc(-c5nc(-c6ccccc6)nc(-c6ccccc6)n5)c4)c3)cc2)cc1. The number of anilines is 3. The van der Waals surface area contributed by atoms with Crippen molar-refractivity contribution in [3.63, 3.8) is 0 Å². The van der Waals surface area contributed by atoms with Gasteiger partial charge in [-0.2, -0.15) is 0 Å². The third-order valence-electron chi connectivity index (χ3n) is 9.72. The molecule has 260 valence electrons. The number of hydrogen-bond acceptors (Lipinski definition) is 4. The van der Waals surface area contributed by atoms with E-state index in [-0.39, 0.29) is 0 Å². The second-order valence-corrected chi connectivity index (χ2v) is 13.3. The average Bonchev–Trinajstić information content (AvgIpc) is 3.28. The van der Waals surface area contributed by atoms with Crippen molar-refractivity contribution < 1.29 is 0 Å². The van der Waals surface area contributed by atoms with Gasteiger partial charge in [0.15, 0.2) is 17.5 Å². The monoisotopic (exact) mass is 704 g/mol. The van der Waals surface area contributed by atoms with E-state index in [4.69, 9.17) is 15.0 Å². The fourth-order valence-corrected chi connectivity index (χ4v) is 6.91. The van der Waals surface area contributed by atoms with E-state index < -0.39 is 0 Å². The van der Waals surface area contributed by atoms with E-state index >= 15 is 0 Å². The fraction of sp³-hybridized carbons (Fsp3) is 0. The molecule has 0 bridgehead atoms. The van der Waals surface area contributed by atoms with Crippen molar-refractivity contribution >= 4 is 17.1 Å². The van der Waals surface area contributed by atoms with E-state index in [0.717, 1.165) is 44.9 Å². The summed E-state index contributed by atoms with van der Waals surface area (Å²) in [6.07, 6.45) is 0. The van der Waals surface area contributed by atoms with Crippen LogP contribution in [0.15, 0.2) is 218 Å². The molecule has 4 heteroatoms. The van der Waals surface area contributed by atoms with Gasteiger partial charge in [-0.05, 0) is 75.8 Å². The summed E-state index contributed by atoms with van der Waals surface area (Å²) in [4.78, 5) is 17.2. The van der Waals surface area contributed by atoms with Gasteiger partial charge in [-0.1, -0.05) is 176 Å². The number of benzene rings is 8. The summed E-state index contributed by atoms with van der Waals surface area (Å²) < 4.78 is 0. The van der Waals surface area contributed by atoms with Crippen molar-refractivity contribution in [3.8, 4) is 67.5 Å². The van der Waals surface area contributed by atoms with Crippen LogP contribution in [0.25, 0.3) is 67.5 Å². The first kappa shape index (κ1) is 33.4. The highest BCUT2D eigenvalue weighted by Gasteiger charge is 2.16. The van der Waals surface area contributed by atoms with Crippen LogP contribution >= 0.6 is 0 Å². The van der Waals surface area contributed by atoms with Gasteiger partial charge in [0.05, 0.1) is 0 Å². The Morgan fingerprint density at radius 1 is 0.218 bits per heavy atom. The van der Waals surface area contributed by atoms with Gasteiger partial charge in [-0.25, -0.2) is 15.0 Å². The Balaban J connectivity index is 1.11. The number of nitrogens with zero attached hydrogens (tertiary/aromatic N) is 4. The highest BCUT2D eigenvalue weighted by atomic mass is 15.1. The number of aromatic nitrogens is 3. The van der Waals surface area contributed by atoms with Crippen LogP contribution in [0, 0.1) is 0 Å². The van der Waals surface area contributed by atoms with Crippen molar-refractivity contribution in [1.82, 2.24) is 15.0 Å². The molecule has 8 aromatic carbocycles.